The third kappa shape index (κ3) is 6.07. The van der Waals surface area contributed by atoms with Gasteiger partial charge in [-0.25, -0.2) is 4.98 Å². The number of carbonyl (C=O) groups excluding carboxylic acids is 1. The molecular weight excluding hydrogens is 468 g/mol. The number of rotatable bonds is 9. The highest BCUT2D eigenvalue weighted by Crippen LogP contribution is 2.33. The number of aromatic amines is 1. The van der Waals surface area contributed by atoms with Crippen LogP contribution in [0.15, 0.2) is 79.0 Å². The molecule has 2 N–H and O–H groups in total. The van der Waals surface area contributed by atoms with Gasteiger partial charge in [-0.1, -0.05) is 24.3 Å². The minimum atomic E-state index is -0.139. The van der Waals surface area contributed by atoms with E-state index in [1.807, 2.05) is 90.6 Å². The predicted molar refractivity (Wildman–Crippen MR) is 143 cm³/mol. The number of ether oxygens (including phenoxy) is 2. The van der Waals surface area contributed by atoms with Crippen LogP contribution in [0.1, 0.15) is 6.42 Å². The van der Waals surface area contributed by atoms with Crippen LogP contribution in [0, 0.1) is 0 Å². The molecule has 1 saturated heterocycles. The summed E-state index contributed by atoms with van der Waals surface area (Å²) in [5.41, 5.74) is 2.34. The van der Waals surface area contributed by atoms with Crippen LogP contribution in [0.4, 0.5) is 11.4 Å². The molecule has 0 saturated carbocycles. The maximum absolute atomic E-state index is 12.5. The third-order valence-electron chi connectivity index (χ3n) is 6.01. The number of amides is 1. The molecule has 37 heavy (non-hydrogen) atoms. The Labute approximate surface area is 215 Å². The van der Waals surface area contributed by atoms with Crippen LogP contribution < -0.4 is 14.8 Å². The van der Waals surface area contributed by atoms with E-state index in [9.17, 15) is 4.79 Å². The van der Waals surface area contributed by atoms with Crippen LogP contribution in [0.3, 0.4) is 0 Å². The maximum Gasteiger partial charge on any atom is 0.246 e. The molecule has 0 radical (unpaired) electrons. The zero-order chi connectivity index (χ0) is 25.6. The molecule has 1 fully saturated rings. The fourth-order valence-electron chi connectivity index (χ4n) is 4.15. The summed E-state index contributed by atoms with van der Waals surface area (Å²) < 4.78 is 12.1. The number of para-hydroxylation sites is 1. The Hall–Kier alpha value is -4.37. The van der Waals surface area contributed by atoms with Gasteiger partial charge in [0.05, 0.1) is 12.2 Å². The molecule has 4 aromatic rings. The van der Waals surface area contributed by atoms with E-state index >= 15 is 0 Å². The molecule has 190 valence electrons. The van der Waals surface area contributed by atoms with E-state index in [1.165, 1.54) is 0 Å². The molecule has 0 aliphatic carbocycles. The fourth-order valence-corrected chi connectivity index (χ4v) is 4.15. The Morgan fingerprint density at radius 1 is 1.14 bits per heavy atom. The smallest absolute Gasteiger partial charge is 0.246 e. The Bertz CT molecular complexity index is 1370. The van der Waals surface area contributed by atoms with Crippen molar-refractivity contribution in [3.05, 3.63) is 79.0 Å². The van der Waals surface area contributed by atoms with Crippen molar-refractivity contribution in [2.45, 2.75) is 12.5 Å². The van der Waals surface area contributed by atoms with Crippen LogP contribution in [0.5, 0.6) is 17.4 Å². The van der Waals surface area contributed by atoms with Gasteiger partial charge in [0.1, 0.15) is 23.0 Å². The summed E-state index contributed by atoms with van der Waals surface area (Å²) in [7, 11) is 3.94. The second-order valence-corrected chi connectivity index (χ2v) is 9.15. The number of anilines is 2. The zero-order valence-electron chi connectivity index (χ0n) is 20.9. The number of benzene rings is 2. The topological polar surface area (TPSA) is 95.6 Å². The van der Waals surface area contributed by atoms with Crippen molar-refractivity contribution in [3.8, 4) is 17.4 Å². The van der Waals surface area contributed by atoms with Gasteiger partial charge >= 0.3 is 0 Å². The second kappa shape index (κ2) is 11.1. The first-order valence-corrected chi connectivity index (χ1v) is 12.2. The molecule has 1 amide bonds. The zero-order valence-corrected chi connectivity index (χ0v) is 20.9. The standard InChI is InChI=1S/C28H30N6O3/c1-33(2)17-6-9-25(35)34-18-15-23(19-34)37-28-26-24(14-16-29-27(26)31-32-28)30-20-10-12-22(13-11-20)36-21-7-4-3-5-8-21/h3-14,16,23H,15,17-19H2,1-2H3,(H2,29,30,31,32)/b9-6+. The van der Waals surface area contributed by atoms with E-state index in [0.29, 0.717) is 24.6 Å². The fraction of sp³-hybridized carbons (Fsp3) is 0.250. The molecule has 1 aliphatic heterocycles. The molecule has 2 aromatic carbocycles. The van der Waals surface area contributed by atoms with Crippen molar-refractivity contribution in [2.24, 2.45) is 0 Å². The Morgan fingerprint density at radius 2 is 1.92 bits per heavy atom. The number of hydrogen-bond acceptors (Lipinski definition) is 7. The van der Waals surface area contributed by atoms with Gasteiger partial charge in [-0.3, -0.25) is 9.89 Å². The minimum absolute atomic E-state index is 0.00329. The van der Waals surface area contributed by atoms with Gasteiger partial charge in [0.2, 0.25) is 11.8 Å². The van der Waals surface area contributed by atoms with Crippen LogP contribution in [0.25, 0.3) is 11.0 Å². The van der Waals surface area contributed by atoms with E-state index in [2.05, 4.69) is 20.5 Å². The number of carbonyl (C=O) groups is 1. The average Bonchev–Trinajstić information content (AvgIpc) is 3.54. The van der Waals surface area contributed by atoms with E-state index in [-0.39, 0.29) is 12.0 Å². The molecule has 2 aromatic heterocycles. The highest BCUT2D eigenvalue weighted by Gasteiger charge is 2.28. The number of nitrogens with one attached hydrogen (secondary N) is 2. The Morgan fingerprint density at radius 3 is 2.70 bits per heavy atom. The normalized spacial score (nSPS) is 15.5. The monoisotopic (exact) mass is 498 g/mol. The lowest BCUT2D eigenvalue weighted by Gasteiger charge is -2.15. The third-order valence-corrected chi connectivity index (χ3v) is 6.01. The Balaban J connectivity index is 1.25. The summed E-state index contributed by atoms with van der Waals surface area (Å²) in [6.45, 7) is 1.90. The van der Waals surface area contributed by atoms with Gasteiger partial charge in [0.15, 0.2) is 5.65 Å². The first-order chi connectivity index (χ1) is 18.0. The highest BCUT2D eigenvalue weighted by molar-refractivity contribution is 5.95. The SMILES string of the molecule is CN(C)C/C=C/C(=O)N1CCC(Oc2n[nH]c3nccc(Nc4ccc(Oc5ccccc5)cc4)c23)C1. The quantitative estimate of drug-likeness (QED) is 0.326. The summed E-state index contributed by atoms with van der Waals surface area (Å²) in [5, 5.41) is 11.5. The maximum atomic E-state index is 12.5. The first kappa shape index (κ1) is 24.3. The van der Waals surface area contributed by atoms with Crippen molar-refractivity contribution in [1.29, 1.82) is 0 Å². The van der Waals surface area contributed by atoms with Gasteiger partial charge in [-0.15, -0.1) is 5.10 Å². The number of aromatic nitrogens is 3. The van der Waals surface area contributed by atoms with Crippen molar-refractivity contribution in [3.63, 3.8) is 0 Å². The summed E-state index contributed by atoms with van der Waals surface area (Å²) in [6.07, 6.45) is 5.83. The number of pyridine rings is 1. The van der Waals surface area contributed by atoms with E-state index in [1.54, 1.807) is 12.3 Å². The van der Waals surface area contributed by atoms with E-state index in [4.69, 9.17) is 9.47 Å². The second-order valence-electron chi connectivity index (χ2n) is 9.15. The lowest BCUT2D eigenvalue weighted by atomic mass is 10.2. The largest absolute Gasteiger partial charge is 0.471 e. The molecular formula is C28H30N6O3. The molecule has 0 bridgehead atoms. The van der Waals surface area contributed by atoms with Gasteiger partial charge in [0, 0.05) is 37.5 Å². The van der Waals surface area contributed by atoms with Crippen LogP contribution in [-0.2, 0) is 4.79 Å². The van der Waals surface area contributed by atoms with Crippen LogP contribution >= 0.6 is 0 Å². The minimum Gasteiger partial charge on any atom is -0.471 e. The average molecular weight is 499 g/mol. The van der Waals surface area contributed by atoms with Gasteiger partial charge in [0.25, 0.3) is 0 Å². The molecule has 0 spiro atoms. The molecule has 1 aliphatic rings. The molecule has 1 unspecified atom stereocenters. The van der Waals surface area contributed by atoms with E-state index in [0.717, 1.165) is 41.2 Å². The molecule has 3 heterocycles. The predicted octanol–water partition coefficient (Wildman–Crippen LogP) is 4.59. The molecule has 9 nitrogen and oxygen atoms in total. The number of nitrogens with zero attached hydrogens (tertiary/aromatic N) is 4. The van der Waals surface area contributed by atoms with Crippen LogP contribution in [-0.4, -0.2) is 70.7 Å². The highest BCUT2D eigenvalue weighted by atomic mass is 16.5. The van der Waals surface area contributed by atoms with Gasteiger partial charge < -0.3 is 24.6 Å². The summed E-state index contributed by atoms with van der Waals surface area (Å²) in [6, 6.07) is 19.3. The number of hydrogen-bond donors (Lipinski definition) is 2. The number of H-pyrrole nitrogens is 1. The van der Waals surface area contributed by atoms with Crippen molar-refractivity contribution in [2.75, 3.05) is 39.0 Å². The van der Waals surface area contributed by atoms with E-state index < -0.39 is 0 Å². The number of likely N-dealkylation sites (tertiary alicyclic amines) is 1. The molecule has 5 rings (SSSR count). The molecule has 9 heteroatoms. The Kier molecular flexibility index (Phi) is 7.32. The lowest BCUT2D eigenvalue weighted by Crippen LogP contribution is -2.29. The van der Waals surface area contributed by atoms with Crippen LogP contribution in [0.2, 0.25) is 0 Å². The van der Waals surface area contributed by atoms with Crippen molar-refractivity contribution < 1.29 is 14.3 Å². The number of likely N-dealkylation sites (N-methyl/N-ethyl adjacent to an activating group) is 1. The summed E-state index contributed by atoms with van der Waals surface area (Å²) >= 11 is 0. The molecule has 1 atom stereocenters. The van der Waals surface area contributed by atoms with Crippen molar-refractivity contribution >= 4 is 28.3 Å². The first-order valence-electron chi connectivity index (χ1n) is 12.2. The van der Waals surface area contributed by atoms with Gasteiger partial charge in [-0.05, 0) is 56.6 Å². The van der Waals surface area contributed by atoms with Gasteiger partial charge in [-0.2, -0.15) is 0 Å². The summed E-state index contributed by atoms with van der Waals surface area (Å²) in [5.74, 6) is 2.01. The number of fused-ring (bicyclic) bond motifs is 1. The lowest BCUT2D eigenvalue weighted by molar-refractivity contribution is -0.125. The van der Waals surface area contributed by atoms with Crippen molar-refractivity contribution in [1.82, 2.24) is 25.0 Å². The summed E-state index contributed by atoms with van der Waals surface area (Å²) in [4.78, 5) is 20.7.